The van der Waals surface area contributed by atoms with Gasteiger partial charge in [-0.1, -0.05) is 0 Å². The van der Waals surface area contributed by atoms with E-state index in [1.54, 1.807) is 0 Å². The van der Waals surface area contributed by atoms with Crippen LogP contribution in [0.25, 0.3) is 0 Å². The maximum Gasteiger partial charge on any atom is 0.465 e. The molecule has 0 aromatic heterocycles. The molecule has 0 radical (unpaired) electrons. The topological polar surface area (TPSA) is 129 Å². The summed E-state index contributed by atoms with van der Waals surface area (Å²) in [6.45, 7) is 0. The molecule has 9 nitrogen and oxygen atoms in total. The molecular weight excluding hydrogens is 282 g/mol. The van der Waals surface area contributed by atoms with Crippen LogP contribution >= 0.6 is 0 Å². The first-order valence-corrected chi connectivity index (χ1v) is 7.38. The Morgan fingerprint density at radius 1 is 0.619 bits per heavy atom. The third kappa shape index (κ3) is 0.643. The molecule has 0 N–H and O–H groups in total. The van der Waals surface area contributed by atoms with Crippen molar-refractivity contribution < 1.29 is 14.8 Å². The van der Waals surface area contributed by atoms with Crippen molar-refractivity contribution in [2.24, 2.45) is 59.2 Å². The molecule has 7 aliphatic rings. The van der Waals surface area contributed by atoms with Crippen molar-refractivity contribution in [3.05, 3.63) is 30.3 Å². The molecule has 110 valence electrons. The van der Waals surface area contributed by atoms with Crippen LogP contribution in [0.5, 0.6) is 0 Å². The van der Waals surface area contributed by atoms with E-state index in [1.165, 1.54) is 0 Å². The second kappa shape index (κ2) is 2.52. The van der Waals surface area contributed by atoms with Gasteiger partial charge in [-0.3, -0.25) is 30.3 Å². The Kier molecular flexibility index (Phi) is 1.30. The number of nitro groups is 3. The molecule has 0 aliphatic heterocycles. The number of rotatable bonds is 3. The lowest BCUT2D eigenvalue weighted by atomic mass is 9.60. The Labute approximate surface area is 117 Å². The van der Waals surface area contributed by atoms with E-state index >= 15 is 0 Å². The van der Waals surface area contributed by atoms with Crippen molar-refractivity contribution in [2.45, 2.75) is 11.7 Å². The number of nitrogens with zero attached hydrogens (tertiary/aromatic N) is 3. The minimum Gasteiger partial charge on any atom is -0.264 e. The van der Waals surface area contributed by atoms with Crippen molar-refractivity contribution in [2.75, 3.05) is 0 Å². The van der Waals surface area contributed by atoms with Gasteiger partial charge in [0.25, 0.3) is 0 Å². The summed E-state index contributed by atoms with van der Waals surface area (Å²) in [5, 5.41) is 34.7. The zero-order valence-electron chi connectivity index (χ0n) is 10.6. The molecule has 7 aliphatic carbocycles. The molecule has 7 fully saturated rings. The van der Waals surface area contributed by atoms with Crippen molar-refractivity contribution in [3.8, 4) is 0 Å². The van der Waals surface area contributed by atoms with Crippen LogP contribution in [0.1, 0.15) is 0 Å². The molecule has 0 saturated heterocycles. The highest BCUT2D eigenvalue weighted by Crippen LogP contribution is 2.93. The van der Waals surface area contributed by atoms with Gasteiger partial charge in [-0.25, -0.2) is 0 Å². The molecule has 0 amide bonds. The Morgan fingerprint density at radius 3 is 1.33 bits per heavy atom. The SMILES string of the molecule is O=[N+]([O-])C1[C@H]2[C@@H]3[C@@H]4[C@H]1[C@@H]1[C@@H]2[C@H]2[C@@H]3[C@H]4[C@H]1C2([N+](=O)[O-])[N+](=O)[O-]. The maximum atomic E-state index is 11.6. The van der Waals surface area contributed by atoms with Crippen LogP contribution in [0, 0.1) is 89.5 Å². The normalized spacial score (nSPS) is 64.3. The molecule has 0 spiro atoms. The molecular formula is C12H11N3O6. The van der Waals surface area contributed by atoms with Crippen LogP contribution in [0.3, 0.4) is 0 Å². The lowest BCUT2D eigenvalue weighted by Crippen LogP contribution is -2.52. The van der Waals surface area contributed by atoms with Gasteiger partial charge in [-0.2, -0.15) is 0 Å². The van der Waals surface area contributed by atoms with Gasteiger partial charge in [0.05, 0.1) is 9.85 Å². The van der Waals surface area contributed by atoms with Gasteiger partial charge in [0.1, 0.15) is 11.8 Å². The van der Waals surface area contributed by atoms with E-state index in [0.717, 1.165) is 0 Å². The van der Waals surface area contributed by atoms with Crippen LogP contribution in [-0.2, 0) is 0 Å². The molecule has 7 saturated carbocycles. The predicted molar refractivity (Wildman–Crippen MR) is 62.4 cm³/mol. The number of hydrogen-bond donors (Lipinski definition) is 0. The monoisotopic (exact) mass is 293 g/mol. The highest BCUT2D eigenvalue weighted by molar-refractivity contribution is 5.39. The summed E-state index contributed by atoms with van der Waals surface area (Å²) in [5.74, 6) is -1.30. The van der Waals surface area contributed by atoms with Gasteiger partial charge in [-0.05, 0) is 35.5 Å². The molecule has 7 rings (SSSR count). The Bertz CT molecular complexity index is 630. The first kappa shape index (κ1) is 10.9. The van der Waals surface area contributed by atoms with E-state index in [4.69, 9.17) is 0 Å². The van der Waals surface area contributed by atoms with Crippen LogP contribution in [-0.4, -0.2) is 26.5 Å². The van der Waals surface area contributed by atoms with Crippen molar-refractivity contribution >= 4 is 0 Å². The van der Waals surface area contributed by atoms with E-state index in [-0.39, 0.29) is 52.3 Å². The molecule has 21 heavy (non-hydrogen) atoms. The second-order valence-corrected chi connectivity index (χ2v) is 7.74. The first-order valence-electron chi connectivity index (χ1n) is 7.38. The zero-order chi connectivity index (χ0) is 14.6. The van der Waals surface area contributed by atoms with E-state index in [9.17, 15) is 30.3 Å². The van der Waals surface area contributed by atoms with E-state index in [2.05, 4.69) is 0 Å². The molecule has 1 unspecified atom stereocenters. The Hall–Kier alpha value is -1.80. The molecule has 9 heteroatoms. The molecule has 0 aromatic rings. The van der Waals surface area contributed by atoms with Crippen LogP contribution < -0.4 is 0 Å². The summed E-state index contributed by atoms with van der Waals surface area (Å²) in [5.41, 5.74) is -2.04. The summed E-state index contributed by atoms with van der Waals surface area (Å²) in [4.78, 5) is 33.2. The van der Waals surface area contributed by atoms with Crippen molar-refractivity contribution in [1.82, 2.24) is 0 Å². The summed E-state index contributed by atoms with van der Waals surface area (Å²) in [6, 6.07) is -0.589. The Morgan fingerprint density at radius 2 is 1.00 bits per heavy atom. The van der Waals surface area contributed by atoms with Crippen molar-refractivity contribution in [3.63, 3.8) is 0 Å². The number of hydrogen-bond acceptors (Lipinski definition) is 6. The fourth-order valence-corrected chi connectivity index (χ4v) is 8.72. The van der Waals surface area contributed by atoms with E-state index < -0.39 is 33.4 Å². The fourth-order valence-electron chi connectivity index (χ4n) is 8.72. The standard InChI is InChI=1S/C12H11N3O6/c16-13(17)11-7-1-2-4-3(1)9-5(7)6(8(2)11)10(4)12(9,14(18)19)15(20)21/h1-11H/t1-,2+,3-,4-,5-,6-,7-,8-,9+,10+,11?/m0/s1. The summed E-state index contributed by atoms with van der Waals surface area (Å²) in [7, 11) is 0. The van der Waals surface area contributed by atoms with Gasteiger partial charge in [-0.15, -0.1) is 0 Å². The Balaban J connectivity index is 1.61. The predicted octanol–water partition coefficient (Wildman–Crippen LogP) is 0.125. The smallest absolute Gasteiger partial charge is 0.264 e. The van der Waals surface area contributed by atoms with E-state index in [1.807, 2.05) is 0 Å². The summed E-state index contributed by atoms with van der Waals surface area (Å²) >= 11 is 0. The minimum absolute atomic E-state index is 0.0111. The lowest BCUT2D eigenvalue weighted by Gasteiger charge is -2.42. The van der Waals surface area contributed by atoms with Gasteiger partial charge in [0.2, 0.25) is 6.04 Å². The third-order valence-corrected chi connectivity index (χ3v) is 8.26. The van der Waals surface area contributed by atoms with Gasteiger partial charge < -0.3 is 0 Å². The third-order valence-electron chi connectivity index (χ3n) is 8.26. The largest absolute Gasteiger partial charge is 0.465 e. The molecule has 4 bridgehead atoms. The lowest BCUT2D eigenvalue weighted by molar-refractivity contribution is -0.809. The summed E-state index contributed by atoms with van der Waals surface area (Å²) in [6.07, 6.45) is 0. The first-order chi connectivity index (χ1) is 9.95. The van der Waals surface area contributed by atoms with Crippen LogP contribution in [0.2, 0.25) is 0 Å². The van der Waals surface area contributed by atoms with E-state index in [0.29, 0.717) is 0 Å². The van der Waals surface area contributed by atoms with Crippen LogP contribution in [0.15, 0.2) is 0 Å². The quantitative estimate of drug-likeness (QED) is 0.413. The van der Waals surface area contributed by atoms with Gasteiger partial charge in [0.15, 0.2) is 0 Å². The van der Waals surface area contributed by atoms with Gasteiger partial charge in [0, 0.05) is 16.8 Å². The highest BCUT2D eigenvalue weighted by atomic mass is 16.7. The maximum absolute atomic E-state index is 11.6. The summed E-state index contributed by atoms with van der Waals surface area (Å²) < 4.78 is 0. The minimum atomic E-state index is -2.04. The van der Waals surface area contributed by atoms with Gasteiger partial charge >= 0.3 is 5.66 Å². The average molecular weight is 293 g/mol. The average Bonchev–Trinajstić information content (AvgIpc) is 2.96. The second-order valence-electron chi connectivity index (χ2n) is 7.74. The van der Waals surface area contributed by atoms with Crippen molar-refractivity contribution in [1.29, 1.82) is 0 Å². The van der Waals surface area contributed by atoms with Crippen LogP contribution in [0.4, 0.5) is 0 Å². The molecule has 0 aromatic carbocycles. The fraction of sp³-hybridized carbons (Fsp3) is 1.00. The zero-order valence-corrected chi connectivity index (χ0v) is 10.6. The molecule has 0 heterocycles. The molecule has 11 atom stereocenters. The highest BCUT2D eigenvalue weighted by Gasteiger charge is 3.03.